The molecule has 0 unspecified atom stereocenters. The minimum absolute atomic E-state index is 0.0108. The van der Waals surface area contributed by atoms with Gasteiger partial charge in [0, 0.05) is 0 Å². The Bertz CT molecular complexity index is 437. The maximum Gasteiger partial charge on any atom is 0.183 e. The Labute approximate surface area is 99.0 Å². The summed E-state index contributed by atoms with van der Waals surface area (Å²) in [5.74, 6) is 0. The van der Waals surface area contributed by atoms with Gasteiger partial charge in [0.05, 0.1) is 12.3 Å². The summed E-state index contributed by atoms with van der Waals surface area (Å²) in [6.45, 7) is 1.92. The molecule has 5 heteroatoms. The standard InChI is InChI=1S/C11H13N3OS/c1-8-3-4-9(6-15)5-10(8)14-11(16-2)13-7-12/h3-5,15H,6H2,1-2H3,(H,13,14). The number of thioether (sulfide) groups is 1. The summed E-state index contributed by atoms with van der Waals surface area (Å²) < 4.78 is 0. The number of benzene rings is 1. The van der Waals surface area contributed by atoms with E-state index in [9.17, 15) is 0 Å². The molecule has 1 rings (SSSR count). The lowest BCUT2D eigenvalue weighted by atomic mass is 10.1. The Kier molecular flexibility index (Phi) is 4.83. The van der Waals surface area contributed by atoms with Crippen LogP contribution in [0.3, 0.4) is 0 Å². The van der Waals surface area contributed by atoms with Crippen molar-refractivity contribution in [1.29, 1.82) is 5.26 Å². The molecule has 1 aromatic carbocycles. The summed E-state index contributed by atoms with van der Waals surface area (Å²) >= 11 is 1.37. The van der Waals surface area contributed by atoms with Crippen LogP contribution in [0.25, 0.3) is 0 Å². The fourth-order valence-electron chi connectivity index (χ4n) is 1.16. The largest absolute Gasteiger partial charge is 0.392 e. The summed E-state index contributed by atoms with van der Waals surface area (Å²) in [4.78, 5) is 4.31. The molecule has 1 aromatic rings. The first-order chi connectivity index (χ1) is 7.71. The SMILES string of the molecule is CSC(=Nc1cc(CO)ccc1C)NC#N. The van der Waals surface area contributed by atoms with Crippen LogP contribution in [0.2, 0.25) is 0 Å². The Morgan fingerprint density at radius 2 is 2.38 bits per heavy atom. The number of rotatable bonds is 2. The molecule has 0 aliphatic carbocycles. The van der Waals surface area contributed by atoms with Crippen LogP contribution in [0.4, 0.5) is 5.69 Å². The molecule has 0 spiro atoms. The van der Waals surface area contributed by atoms with E-state index >= 15 is 0 Å². The van der Waals surface area contributed by atoms with Gasteiger partial charge in [0.25, 0.3) is 0 Å². The Morgan fingerprint density at radius 3 is 2.94 bits per heavy atom. The predicted octanol–water partition coefficient (Wildman–Crippen LogP) is 1.91. The molecule has 0 atom stereocenters. The second kappa shape index (κ2) is 6.16. The number of aliphatic hydroxyl groups is 1. The number of nitrogens with zero attached hydrogens (tertiary/aromatic N) is 2. The van der Waals surface area contributed by atoms with Crippen LogP contribution in [0.15, 0.2) is 23.2 Å². The number of nitriles is 1. The van der Waals surface area contributed by atoms with E-state index in [1.54, 1.807) is 0 Å². The molecular weight excluding hydrogens is 222 g/mol. The molecule has 2 N–H and O–H groups in total. The summed E-state index contributed by atoms with van der Waals surface area (Å²) in [6.07, 6.45) is 3.68. The third-order valence-corrected chi connectivity index (χ3v) is 2.61. The lowest BCUT2D eigenvalue weighted by molar-refractivity contribution is 0.282. The second-order valence-corrected chi connectivity index (χ2v) is 3.93. The predicted molar refractivity (Wildman–Crippen MR) is 66.5 cm³/mol. The normalized spacial score (nSPS) is 11.0. The summed E-state index contributed by atoms with van der Waals surface area (Å²) in [7, 11) is 0. The van der Waals surface area contributed by atoms with Crippen LogP contribution in [0, 0.1) is 18.4 Å². The number of amidine groups is 1. The van der Waals surface area contributed by atoms with E-state index in [2.05, 4.69) is 10.3 Å². The van der Waals surface area contributed by atoms with Crippen molar-refractivity contribution in [3.05, 3.63) is 29.3 Å². The zero-order valence-electron chi connectivity index (χ0n) is 9.19. The average molecular weight is 235 g/mol. The van der Waals surface area contributed by atoms with Crippen molar-refractivity contribution >= 4 is 22.6 Å². The monoisotopic (exact) mass is 235 g/mol. The van der Waals surface area contributed by atoms with Crippen molar-refractivity contribution in [1.82, 2.24) is 5.32 Å². The molecule has 0 aromatic heterocycles. The fourth-order valence-corrected chi connectivity index (χ4v) is 1.49. The van der Waals surface area contributed by atoms with Gasteiger partial charge in [-0.15, -0.1) is 0 Å². The molecule has 0 bridgehead atoms. The van der Waals surface area contributed by atoms with Gasteiger partial charge in [-0.05, 0) is 30.4 Å². The van der Waals surface area contributed by atoms with Gasteiger partial charge < -0.3 is 5.11 Å². The molecule has 0 fully saturated rings. The van der Waals surface area contributed by atoms with Crippen LogP contribution in [-0.2, 0) is 6.61 Å². The molecule has 0 amide bonds. The van der Waals surface area contributed by atoms with Crippen LogP contribution < -0.4 is 5.32 Å². The van der Waals surface area contributed by atoms with Crippen molar-refractivity contribution < 1.29 is 5.11 Å². The number of aryl methyl sites for hydroxylation is 1. The van der Waals surface area contributed by atoms with Crippen molar-refractivity contribution in [3.8, 4) is 6.19 Å². The summed E-state index contributed by atoms with van der Waals surface area (Å²) in [5.41, 5.74) is 2.57. The zero-order chi connectivity index (χ0) is 12.0. The average Bonchev–Trinajstić information content (AvgIpc) is 2.31. The van der Waals surface area contributed by atoms with Gasteiger partial charge in [-0.25, -0.2) is 4.99 Å². The first-order valence-corrected chi connectivity index (χ1v) is 5.92. The molecule has 0 heterocycles. The number of nitrogens with one attached hydrogen (secondary N) is 1. The van der Waals surface area contributed by atoms with Gasteiger partial charge >= 0.3 is 0 Å². The molecule has 0 aliphatic heterocycles. The first-order valence-electron chi connectivity index (χ1n) is 4.69. The summed E-state index contributed by atoms with van der Waals surface area (Å²) in [6, 6.07) is 5.56. The van der Waals surface area contributed by atoms with Gasteiger partial charge in [0.1, 0.15) is 0 Å². The van der Waals surface area contributed by atoms with Crippen molar-refractivity contribution in [3.63, 3.8) is 0 Å². The van der Waals surface area contributed by atoms with Crippen LogP contribution >= 0.6 is 11.8 Å². The second-order valence-electron chi connectivity index (χ2n) is 3.14. The van der Waals surface area contributed by atoms with Gasteiger partial charge in [-0.3, -0.25) is 5.32 Å². The number of aliphatic hydroxyl groups excluding tert-OH is 1. The molecule has 0 radical (unpaired) electrons. The Hall–Kier alpha value is -1.51. The zero-order valence-corrected chi connectivity index (χ0v) is 10.0. The van der Waals surface area contributed by atoms with Crippen LogP contribution in [0.5, 0.6) is 0 Å². The molecule has 0 aliphatic rings. The quantitative estimate of drug-likeness (QED) is 0.355. The molecule has 0 saturated heterocycles. The highest BCUT2D eigenvalue weighted by Crippen LogP contribution is 2.21. The van der Waals surface area contributed by atoms with Crippen LogP contribution in [0.1, 0.15) is 11.1 Å². The number of aliphatic imine (C=N–C) groups is 1. The van der Waals surface area contributed by atoms with E-state index in [1.165, 1.54) is 11.8 Å². The van der Waals surface area contributed by atoms with E-state index in [0.717, 1.165) is 16.8 Å². The smallest absolute Gasteiger partial charge is 0.183 e. The minimum atomic E-state index is -0.0108. The molecular formula is C11H13N3OS. The summed E-state index contributed by atoms with van der Waals surface area (Å²) in [5, 5.41) is 20.6. The Morgan fingerprint density at radius 1 is 1.62 bits per heavy atom. The van der Waals surface area contributed by atoms with E-state index in [4.69, 9.17) is 10.4 Å². The fraction of sp³-hybridized carbons (Fsp3) is 0.273. The number of hydrogen-bond acceptors (Lipinski definition) is 4. The lowest BCUT2D eigenvalue weighted by Crippen LogP contribution is -2.12. The van der Waals surface area contributed by atoms with E-state index in [-0.39, 0.29) is 6.61 Å². The Balaban J connectivity index is 3.07. The van der Waals surface area contributed by atoms with E-state index in [0.29, 0.717) is 5.17 Å². The highest BCUT2D eigenvalue weighted by molar-refractivity contribution is 8.13. The van der Waals surface area contributed by atoms with Crippen molar-refractivity contribution in [2.45, 2.75) is 13.5 Å². The van der Waals surface area contributed by atoms with Crippen molar-refractivity contribution in [2.75, 3.05) is 6.26 Å². The van der Waals surface area contributed by atoms with Crippen molar-refractivity contribution in [2.24, 2.45) is 4.99 Å². The molecule has 0 saturated carbocycles. The third-order valence-electron chi connectivity index (χ3n) is 2.03. The van der Waals surface area contributed by atoms with Gasteiger partial charge in [0.2, 0.25) is 0 Å². The molecule has 84 valence electrons. The lowest BCUT2D eigenvalue weighted by Gasteiger charge is -2.05. The topological polar surface area (TPSA) is 68.4 Å². The molecule has 4 nitrogen and oxygen atoms in total. The van der Waals surface area contributed by atoms with E-state index < -0.39 is 0 Å². The van der Waals surface area contributed by atoms with Gasteiger partial charge in [-0.2, -0.15) is 5.26 Å². The van der Waals surface area contributed by atoms with E-state index in [1.807, 2.05) is 37.6 Å². The number of hydrogen-bond donors (Lipinski definition) is 2. The van der Waals surface area contributed by atoms with Gasteiger partial charge in [0.15, 0.2) is 11.4 Å². The first kappa shape index (κ1) is 12.6. The highest BCUT2D eigenvalue weighted by Gasteiger charge is 2.01. The van der Waals surface area contributed by atoms with Gasteiger partial charge in [-0.1, -0.05) is 23.9 Å². The third kappa shape index (κ3) is 3.26. The highest BCUT2D eigenvalue weighted by atomic mass is 32.2. The minimum Gasteiger partial charge on any atom is -0.392 e. The maximum atomic E-state index is 9.03. The maximum absolute atomic E-state index is 9.03. The molecule has 16 heavy (non-hydrogen) atoms. The van der Waals surface area contributed by atoms with Crippen LogP contribution in [-0.4, -0.2) is 16.5 Å².